The average Bonchev–Trinajstić information content (AvgIpc) is 2.62. The first-order valence-corrected chi connectivity index (χ1v) is 8.95. The van der Waals surface area contributed by atoms with Crippen molar-refractivity contribution >= 4 is 28.3 Å². The van der Waals surface area contributed by atoms with Crippen LogP contribution in [0.1, 0.15) is 30.9 Å². The fraction of sp³-hybridized carbons (Fsp3) is 0.227. The molecule has 0 unspecified atom stereocenters. The van der Waals surface area contributed by atoms with E-state index in [1.54, 1.807) is 12.1 Å². The van der Waals surface area contributed by atoms with E-state index in [-0.39, 0.29) is 6.61 Å². The lowest BCUT2D eigenvalue weighted by Crippen LogP contribution is -2.18. The lowest BCUT2D eigenvalue weighted by molar-refractivity contribution is -0.136. The molecule has 0 spiro atoms. The Morgan fingerprint density at radius 2 is 1.77 bits per heavy atom. The lowest BCUT2D eigenvalue weighted by Gasteiger charge is -2.13. The number of hydrogen-bond donors (Lipinski definition) is 0. The molecular formula is C22H21ClO3. The fourth-order valence-corrected chi connectivity index (χ4v) is 3.23. The Bertz CT molecular complexity index is 947. The van der Waals surface area contributed by atoms with Gasteiger partial charge >= 0.3 is 5.97 Å². The van der Waals surface area contributed by atoms with Crippen molar-refractivity contribution < 1.29 is 14.3 Å². The highest BCUT2D eigenvalue weighted by Gasteiger charge is 2.11. The van der Waals surface area contributed by atoms with Gasteiger partial charge in [0.05, 0.1) is 0 Å². The number of hydrogen-bond acceptors (Lipinski definition) is 3. The molecule has 26 heavy (non-hydrogen) atoms. The molecule has 3 aromatic rings. The molecule has 0 bridgehead atoms. The summed E-state index contributed by atoms with van der Waals surface area (Å²) in [6.45, 7) is 6.19. The van der Waals surface area contributed by atoms with Crippen molar-refractivity contribution in [3.8, 4) is 11.5 Å². The van der Waals surface area contributed by atoms with Crippen LogP contribution in [0.3, 0.4) is 0 Å². The SMILES string of the molecule is Cc1cc(OCC(=O)Oc2ccc(Cl)c3ccccc23)ccc1C(C)C. The van der Waals surface area contributed by atoms with Gasteiger partial charge in [0.2, 0.25) is 0 Å². The normalized spacial score (nSPS) is 11.0. The van der Waals surface area contributed by atoms with E-state index in [1.807, 2.05) is 49.4 Å². The van der Waals surface area contributed by atoms with E-state index < -0.39 is 5.97 Å². The van der Waals surface area contributed by atoms with Crippen LogP contribution in [0.15, 0.2) is 54.6 Å². The van der Waals surface area contributed by atoms with Gasteiger partial charge in [0, 0.05) is 15.8 Å². The standard InChI is InChI=1S/C22H21ClO3/c1-14(2)17-9-8-16(12-15(17)3)25-13-22(24)26-21-11-10-20(23)18-6-4-5-7-19(18)21/h4-12,14H,13H2,1-3H3. The smallest absolute Gasteiger partial charge is 0.349 e. The maximum atomic E-state index is 12.2. The number of aryl methyl sites for hydroxylation is 1. The summed E-state index contributed by atoms with van der Waals surface area (Å²) in [5.41, 5.74) is 2.42. The molecule has 4 heteroatoms. The fourth-order valence-electron chi connectivity index (χ4n) is 3.00. The number of ether oxygens (including phenoxy) is 2. The first-order valence-electron chi connectivity index (χ1n) is 8.57. The molecule has 0 aliphatic rings. The number of halogens is 1. The van der Waals surface area contributed by atoms with Crippen molar-refractivity contribution in [1.82, 2.24) is 0 Å². The Kier molecular flexibility index (Phi) is 5.48. The third kappa shape index (κ3) is 4.00. The number of benzene rings is 3. The molecule has 0 aromatic heterocycles. The quantitative estimate of drug-likeness (QED) is 0.415. The predicted octanol–water partition coefficient (Wildman–Crippen LogP) is 5.91. The molecule has 0 heterocycles. The van der Waals surface area contributed by atoms with Crippen molar-refractivity contribution in [1.29, 1.82) is 0 Å². The molecule has 0 atom stereocenters. The summed E-state index contributed by atoms with van der Waals surface area (Å²) in [6.07, 6.45) is 0. The summed E-state index contributed by atoms with van der Waals surface area (Å²) in [6, 6.07) is 16.8. The van der Waals surface area contributed by atoms with Crippen LogP contribution in [0.5, 0.6) is 11.5 Å². The summed E-state index contributed by atoms with van der Waals surface area (Å²) >= 11 is 6.19. The summed E-state index contributed by atoms with van der Waals surface area (Å²) in [5, 5.41) is 2.27. The number of carbonyl (C=O) groups excluding carboxylic acids is 1. The second kappa shape index (κ2) is 7.79. The highest BCUT2D eigenvalue weighted by Crippen LogP contribution is 2.31. The van der Waals surface area contributed by atoms with Gasteiger partial charge in [-0.2, -0.15) is 0 Å². The molecule has 3 rings (SSSR count). The highest BCUT2D eigenvalue weighted by molar-refractivity contribution is 6.35. The molecule has 0 saturated carbocycles. The highest BCUT2D eigenvalue weighted by atomic mass is 35.5. The molecule has 3 aromatic carbocycles. The van der Waals surface area contributed by atoms with Crippen LogP contribution in [-0.4, -0.2) is 12.6 Å². The summed E-state index contributed by atoms with van der Waals surface area (Å²) in [7, 11) is 0. The van der Waals surface area contributed by atoms with Gasteiger partial charge in [0.25, 0.3) is 0 Å². The van der Waals surface area contributed by atoms with E-state index in [9.17, 15) is 4.79 Å². The Hall–Kier alpha value is -2.52. The molecule has 3 nitrogen and oxygen atoms in total. The largest absolute Gasteiger partial charge is 0.482 e. The van der Waals surface area contributed by atoms with E-state index in [1.165, 1.54) is 5.56 Å². The zero-order valence-corrected chi connectivity index (χ0v) is 15.8. The van der Waals surface area contributed by atoms with E-state index >= 15 is 0 Å². The molecular weight excluding hydrogens is 348 g/mol. The molecule has 0 aliphatic heterocycles. The number of esters is 1. The Morgan fingerprint density at radius 1 is 1.04 bits per heavy atom. The number of rotatable bonds is 5. The van der Waals surface area contributed by atoms with Crippen molar-refractivity contribution in [3.05, 3.63) is 70.7 Å². The topological polar surface area (TPSA) is 35.5 Å². The average molecular weight is 369 g/mol. The van der Waals surface area contributed by atoms with Crippen molar-refractivity contribution in [2.45, 2.75) is 26.7 Å². The van der Waals surface area contributed by atoms with Crippen LogP contribution in [0.2, 0.25) is 5.02 Å². The van der Waals surface area contributed by atoms with Gasteiger partial charge in [-0.3, -0.25) is 0 Å². The number of carbonyl (C=O) groups is 1. The minimum Gasteiger partial charge on any atom is -0.482 e. The third-order valence-electron chi connectivity index (χ3n) is 4.27. The molecule has 0 N–H and O–H groups in total. The van der Waals surface area contributed by atoms with Crippen molar-refractivity contribution in [2.75, 3.05) is 6.61 Å². The van der Waals surface area contributed by atoms with Crippen LogP contribution in [0.4, 0.5) is 0 Å². The Balaban J connectivity index is 1.69. The summed E-state index contributed by atoms with van der Waals surface area (Å²) in [4.78, 5) is 12.2. The third-order valence-corrected chi connectivity index (χ3v) is 4.60. The van der Waals surface area contributed by atoms with Gasteiger partial charge < -0.3 is 9.47 Å². The van der Waals surface area contributed by atoms with Gasteiger partial charge in [0.1, 0.15) is 11.5 Å². The molecule has 0 saturated heterocycles. The van der Waals surface area contributed by atoms with Crippen LogP contribution in [0.25, 0.3) is 10.8 Å². The van der Waals surface area contributed by atoms with Crippen LogP contribution in [-0.2, 0) is 4.79 Å². The number of fused-ring (bicyclic) bond motifs is 1. The minimum absolute atomic E-state index is 0.155. The monoisotopic (exact) mass is 368 g/mol. The van der Waals surface area contributed by atoms with Crippen molar-refractivity contribution in [2.24, 2.45) is 0 Å². The van der Waals surface area contributed by atoms with Gasteiger partial charge in [-0.15, -0.1) is 0 Å². The van der Waals surface area contributed by atoms with E-state index in [0.29, 0.717) is 22.4 Å². The Labute approximate surface area is 158 Å². The maximum Gasteiger partial charge on any atom is 0.349 e. The van der Waals surface area contributed by atoms with Gasteiger partial charge in [0.15, 0.2) is 6.61 Å². The molecule has 0 fully saturated rings. The summed E-state index contributed by atoms with van der Waals surface area (Å²) < 4.78 is 11.1. The predicted molar refractivity (Wildman–Crippen MR) is 105 cm³/mol. The molecule has 0 aliphatic carbocycles. The van der Waals surface area contributed by atoms with Gasteiger partial charge in [-0.1, -0.05) is 55.8 Å². The molecule has 0 amide bonds. The zero-order chi connectivity index (χ0) is 18.7. The van der Waals surface area contributed by atoms with E-state index in [2.05, 4.69) is 13.8 Å². The first-order chi connectivity index (χ1) is 12.5. The Morgan fingerprint density at radius 3 is 2.46 bits per heavy atom. The van der Waals surface area contributed by atoms with E-state index in [0.717, 1.165) is 16.3 Å². The van der Waals surface area contributed by atoms with E-state index in [4.69, 9.17) is 21.1 Å². The molecule has 0 radical (unpaired) electrons. The second-order valence-corrected chi connectivity index (χ2v) is 6.93. The zero-order valence-electron chi connectivity index (χ0n) is 15.1. The van der Waals surface area contributed by atoms with Crippen LogP contribution in [0, 0.1) is 6.92 Å². The molecule has 134 valence electrons. The van der Waals surface area contributed by atoms with Crippen LogP contribution < -0.4 is 9.47 Å². The van der Waals surface area contributed by atoms with Crippen LogP contribution >= 0.6 is 11.6 Å². The van der Waals surface area contributed by atoms with Gasteiger partial charge in [-0.25, -0.2) is 4.79 Å². The lowest BCUT2D eigenvalue weighted by atomic mass is 9.98. The van der Waals surface area contributed by atoms with Gasteiger partial charge in [-0.05, 0) is 48.2 Å². The van der Waals surface area contributed by atoms with Crippen molar-refractivity contribution in [3.63, 3.8) is 0 Å². The second-order valence-electron chi connectivity index (χ2n) is 6.53. The first kappa shape index (κ1) is 18.3. The minimum atomic E-state index is -0.455. The summed E-state index contributed by atoms with van der Waals surface area (Å²) in [5.74, 6) is 1.13. The maximum absolute atomic E-state index is 12.2.